The van der Waals surface area contributed by atoms with E-state index in [9.17, 15) is 9.18 Å². The van der Waals surface area contributed by atoms with Gasteiger partial charge in [-0.3, -0.25) is 4.90 Å². The molecule has 1 aliphatic rings. The summed E-state index contributed by atoms with van der Waals surface area (Å²) in [5.41, 5.74) is 6.38. The second kappa shape index (κ2) is 5.28. The molecule has 0 amide bonds. The van der Waals surface area contributed by atoms with Crippen molar-refractivity contribution in [2.75, 3.05) is 30.8 Å². The molecule has 0 aliphatic carbocycles. The molecule has 3 N–H and O–H groups in total. The molecule has 0 spiro atoms. The maximum Gasteiger partial charge on any atom is 0.338 e. The molecule has 1 saturated heterocycles. The average molecular weight is 281 g/mol. The van der Waals surface area contributed by atoms with Crippen molar-refractivity contribution in [3.8, 4) is 0 Å². The molecule has 2 unspecified atom stereocenters. The lowest BCUT2D eigenvalue weighted by Gasteiger charge is -2.43. The van der Waals surface area contributed by atoms with Crippen LogP contribution in [-0.2, 0) is 0 Å². The van der Waals surface area contributed by atoms with Crippen molar-refractivity contribution < 1.29 is 14.3 Å². The molecule has 6 heteroatoms. The van der Waals surface area contributed by atoms with Gasteiger partial charge in [0.05, 0.1) is 16.9 Å². The number of nitrogens with two attached hydrogens (primary N) is 1. The van der Waals surface area contributed by atoms with Crippen LogP contribution in [0.25, 0.3) is 0 Å². The summed E-state index contributed by atoms with van der Waals surface area (Å²) in [6.45, 7) is 5.66. The molecule has 0 radical (unpaired) electrons. The molecule has 1 heterocycles. The number of likely N-dealkylation sites (N-methyl/N-ethyl adjacent to an activating group) is 1. The van der Waals surface area contributed by atoms with Gasteiger partial charge in [0.25, 0.3) is 0 Å². The smallest absolute Gasteiger partial charge is 0.338 e. The van der Waals surface area contributed by atoms with Gasteiger partial charge in [0.2, 0.25) is 0 Å². The highest BCUT2D eigenvalue weighted by molar-refractivity contribution is 5.91. The van der Waals surface area contributed by atoms with Gasteiger partial charge in [-0.15, -0.1) is 0 Å². The van der Waals surface area contributed by atoms with Crippen LogP contribution in [-0.4, -0.2) is 48.2 Å². The van der Waals surface area contributed by atoms with E-state index in [1.54, 1.807) is 0 Å². The Morgan fingerprint density at radius 3 is 2.40 bits per heavy atom. The number of hydrogen-bond acceptors (Lipinski definition) is 4. The van der Waals surface area contributed by atoms with E-state index in [0.29, 0.717) is 23.5 Å². The van der Waals surface area contributed by atoms with Crippen molar-refractivity contribution in [3.05, 3.63) is 23.5 Å². The molecule has 110 valence electrons. The number of carboxylic acid groups (broad SMARTS) is 1. The third-order valence-electron chi connectivity index (χ3n) is 4.05. The number of aromatic carboxylic acids is 1. The molecule has 0 aromatic heterocycles. The molecule has 0 saturated carbocycles. The Balaban J connectivity index is 2.34. The van der Waals surface area contributed by atoms with Crippen LogP contribution in [0.3, 0.4) is 0 Å². The summed E-state index contributed by atoms with van der Waals surface area (Å²) in [4.78, 5) is 15.2. The number of nitrogens with zero attached hydrogens (tertiary/aromatic N) is 2. The highest BCUT2D eigenvalue weighted by Gasteiger charge is 2.28. The number of piperazine rings is 1. The molecular weight excluding hydrogens is 261 g/mol. The van der Waals surface area contributed by atoms with Crippen LogP contribution in [0.5, 0.6) is 0 Å². The molecule has 2 atom stereocenters. The molecule has 1 aliphatic heterocycles. The first-order valence-electron chi connectivity index (χ1n) is 6.60. The second-order valence-corrected chi connectivity index (χ2v) is 5.46. The van der Waals surface area contributed by atoms with Crippen molar-refractivity contribution in [1.82, 2.24) is 4.90 Å². The summed E-state index contributed by atoms with van der Waals surface area (Å²) in [5, 5.41) is 8.89. The Kier molecular flexibility index (Phi) is 3.85. The minimum absolute atomic E-state index is 0.299. The molecule has 0 bridgehead atoms. The summed E-state index contributed by atoms with van der Waals surface area (Å²) in [7, 11) is 2.06. The van der Waals surface area contributed by atoms with Gasteiger partial charge in [0, 0.05) is 31.2 Å². The van der Waals surface area contributed by atoms with E-state index < -0.39 is 11.8 Å². The third kappa shape index (κ3) is 2.56. The molecule has 1 fully saturated rings. The van der Waals surface area contributed by atoms with Crippen LogP contribution in [0.1, 0.15) is 24.2 Å². The first-order valence-corrected chi connectivity index (χ1v) is 6.60. The van der Waals surface area contributed by atoms with Gasteiger partial charge in [0.15, 0.2) is 0 Å². The Bertz CT molecular complexity index is 523. The Hall–Kier alpha value is -1.82. The summed E-state index contributed by atoms with van der Waals surface area (Å²) in [6, 6.07) is 3.06. The van der Waals surface area contributed by atoms with Gasteiger partial charge in [-0.25, -0.2) is 9.18 Å². The zero-order valence-electron chi connectivity index (χ0n) is 11.9. The first-order chi connectivity index (χ1) is 9.31. The maximum absolute atomic E-state index is 13.8. The molecule has 20 heavy (non-hydrogen) atoms. The lowest BCUT2D eigenvalue weighted by atomic mass is 10.1. The number of halogens is 1. The van der Waals surface area contributed by atoms with Gasteiger partial charge in [0.1, 0.15) is 5.82 Å². The van der Waals surface area contributed by atoms with Crippen LogP contribution in [0.4, 0.5) is 15.8 Å². The van der Waals surface area contributed by atoms with Crippen LogP contribution >= 0.6 is 0 Å². The highest BCUT2D eigenvalue weighted by atomic mass is 19.1. The summed E-state index contributed by atoms with van der Waals surface area (Å²) >= 11 is 0. The lowest BCUT2D eigenvalue weighted by Crippen LogP contribution is -2.55. The standard InChI is InChI=1S/C14H20FN3O2/c1-8-6-18(7-9(2)17(8)3)13-5-11(15)10(14(19)20)4-12(13)16/h4-5,8-9H,6-7,16H2,1-3H3,(H,19,20). The van der Waals surface area contributed by atoms with Gasteiger partial charge in [-0.2, -0.15) is 0 Å². The first kappa shape index (κ1) is 14.6. The summed E-state index contributed by atoms with van der Waals surface area (Å²) in [6.07, 6.45) is 0. The number of anilines is 2. The number of benzene rings is 1. The van der Waals surface area contributed by atoms with Crippen molar-refractivity contribution in [2.24, 2.45) is 0 Å². The fraction of sp³-hybridized carbons (Fsp3) is 0.500. The number of nitrogen functional groups attached to an aromatic ring is 1. The van der Waals surface area contributed by atoms with Crippen molar-refractivity contribution in [3.63, 3.8) is 0 Å². The van der Waals surface area contributed by atoms with Crippen LogP contribution < -0.4 is 10.6 Å². The van der Waals surface area contributed by atoms with E-state index in [1.807, 2.05) is 4.90 Å². The fourth-order valence-corrected chi connectivity index (χ4v) is 2.62. The quantitative estimate of drug-likeness (QED) is 0.806. The maximum atomic E-state index is 13.8. The topological polar surface area (TPSA) is 69.8 Å². The van der Waals surface area contributed by atoms with E-state index in [0.717, 1.165) is 13.1 Å². The predicted molar refractivity (Wildman–Crippen MR) is 76.7 cm³/mol. The van der Waals surface area contributed by atoms with Crippen molar-refractivity contribution >= 4 is 17.3 Å². The fourth-order valence-electron chi connectivity index (χ4n) is 2.62. The minimum atomic E-state index is -1.30. The van der Waals surface area contributed by atoms with Crippen LogP contribution in [0.15, 0.2) is 12.1 Å². The minimum Gasteiger partial charge on any atom is -0.478 e. The van der Waals surface area contributed by atoms with Crippen LogP contribution in [0.2, 0.25) is 0 Å². The van der Waals surface area contributed by atoms with Gasteiger partial charge in [-0.05, 0) is 27.0 Å². The normalized spacial score (nSPS) is 23.9. The van der Waals surface area contributed by atoms with E-state index >= 15 is 0 Å². The lowest BCUT2D eigenvalue weighted by molar-refractivity contribution is 0.0692. The summed E-state index contributed by atoms with van der Waals surface area (Å²) < 4.78 is 13.8. The number of carboxylic acids is 1. The SMILES string of the molecule is CC1CN(c2cc(F)c(C(=O)O)cc2N)CC(C)N1C. The molecule has 1 aromatic carbocycles. The monoisotopic (exact) mass is 281 g/mol. The van der Waals surface area contributed by atoms with E-state index in [4.69, 9.17) is 10.8 Å². The highest BCUT2D eigenvalue weighted by Crippen LogP contribution is 2.29. The largest absolute Gasteiger partial charge is 0.478 e. The Morgan fingerprint density at radius 2 is 1.90 bits per heavy atom. The van der Waals surface area contributed by atoms with Crippen molar-refractivity contribution in [2.45, 2.75) is 25.9 Å². The molecular formula is C14H20FN3O2. The predicted octanol–water partition coefficient (Wildman–Crippen LogP) is 1.63. The van der Waals surface area contributed by atoms with Gasteiger partial charge < -0.3 is 15.7 Å². The molecule has 1 aromatic rings. The zero-order chi connectivity index (χ0) is 15.0. The Labute approximate surface area is 117 Å². The number of carbonyl (C=O) groups is 1. The zero-order valence-corrected chi connectivity index (χ0v) is 11.9. The average Bonchev–Trinajstić information content (AvgIpc) is 2.37. The van der Waals surface area contributed by atoms with Gasteiger partial charge >= 0.3 is 5.97 Å². The number of rotatable bonds is 2. The van der Waals surface area contributed by atoms with E-state index in [2.05, 4.69) is 25.8 Å². The second-order valence-electron chi connectivity index (χ2n) is 5.46. The van der Waals surface area contributed by atoms with Gasteiger partial charge in [-0.1, -0.05) is 0 Å². The molecule has 5 nitrogen and oxygen atoms in total. The summed E-state index contributed by atoms with van der Waals surface area (Å²) in [5.74, 6) is -2.05. The number of hydrogen-bond donors (Lipinski definition) is 2. The van der Waals surface area contributed by atoms with E-state index in [1.165, 1.54) is 12.1 Å². The Morgan fingerprint density at radius 1 is 1.35 bits per heavy atom. The molecule has 2 rings (SSSR count). The van der Waals surface area contributed by atoms with E-state index in [-0.39, 0.29) is 5.56 Å². The van der Waals surface area contributed by atoms with Crippen LogP contribution in [0, 0.1) is 5.82 Å². The third-order valence-corrected chi connectivity index (χ3v) is 4.05. The van der Waals surface area contributed by atoms with Crippen molar-refractivity contribution in [1.29, 1.82) is 0 Å².